The van der Waals surface area contributed by atoms with E-state index in [-0.39, 0.29) is 11.8 Å². The molecule has 0 saturated heterocycles. The van der Waals surface area contributed by atoms with Crippen LogP contribution in [0.3, 0.4) is 0 Å². The Morgan fingerprint density at radius 2 is 2.00 bits per heavy atom. The lowest BCUT2D eigenvalue weighted by atomic mass is 10.0. The molecule has 0 amide bonds. The van der Waals surface area contributed by atoms with Gasteiger partial charge in [0.05, 0.1) is 0 Å². The summed E-state index contributed by atoms with van der Waals surface area (Å²) < 4.78 is 0. The minimum Gasteiger partial charge on any atom is -0.491 e. The molecule has 1 aliphatic rings. The summed E-state index contributed by atoms with van der Waals surface area (Å²) in [6, 6.07) is 7.53. The predicted octanol–water partition coefficient (Wildman–Crippen LogP) is 3.89. The third-order valence-electron chi connectivity index (χ3n) is 3.75. The van der Waals surface area contributed by atoms with Gasteiger partial charge in [-0.15, -0.1) is 0 Å². The van der Waals surface area contributed by atoms with Gasteiger partial charge in [-0.1, -0.05) is 43.1 Å². The van der Waals surface area contributed by atoms with Gasteiger partial charge in [0.1, 0.15) is 5.66 Å². The van der Waals surface area contributed by atoms with Crippen LogP contribution in [0, 0.1) is 0 Å². The van der Waals surface area contributed by atoms with Crippen LogP contribution in [0.15, 0.2) is 36.0 Å². The molecule has 20 heavy (non-hydrogen) atoms. The van der Waals surface area contributed by atoms with Crippen molar-refractivity contribution in [2.24, 2.45) is 0 Å². The van der Waals surface area contributed by atoms with Crippen LogP contribution < -0.4 is 5.32 Å². The van der Waals surface area contributed by atoms with E-state index in [2.05, 4.69) is 12.2 Å². The van der Waals surface area contributed by atoms with Gasteiger partial charge in [-0.2, -0.15) is 0 Å². The zero-order chi connectivity index (χ0) is 14.8. The molecular weight excluding hydrogens is 276 g/mol. The maximum absolute atomic E-state index is 10.1. The fourth-order valence-corrected chi connectivity index (χ4v) is 2.70. The van der Waals surface area contributed by atoms with Crippen molar-refractivity contribution in [2.75, 3.05) is 0 Å². The number of hydrogen-bond acceptors (Lipinski definition) is 4. The van der Waals surface area contributed by atoms with Crippen molar-refractivity contribution in [1.29, 1.82) is 0 Å². The van der Waals surface area contributed by atoms with Crippen LogP contribution in [0.1, 0.15) is 38.7 Å². The Morgan fingerprint density at radius 1 is 1.30 bits per heavy atom. The maximum atomic E-state index is 10.1. The molecule has 4 nitrogen and oxygen atoms in total. The van der Waals surface area contributed by atoms with E-state index in [0.717, 1.165) is 24.8 Å². The van der Waals surface area contributed by atoms with Crippen LogP contribution in [0.5, 0.6) is 0 Å². The van der Waals surface area contributed by atoms with Crippen LogP contribution in [0.2, 0.25) is 5.02 Å². The number of nitrogens with zero attached hydrogens (tertiary/aromatic N) is 1. The molecule has 5 heteroatoms. The van der Waals surface area contributed by atoms with Crippen LogP contribution in [-0.2, 0) is 6.54 Å². The Balaban J connectivity index is 2.23. The van der Waals surface area contributed by atoms with Gasteiger partial charge < -0.3 is 20.4 Å². The minimum atomic E-state index is -0.497. The summed E-state index contributed by atoms with van der Waals surface area (Å²) in [7, 11) is 0. The molecular formula is C15H21ClN2O2. The Labute approximate surface area is 124 Å². The highest BCUT2D eigenvalue weighted by Gasteiger charge is 2.41. The van der Waals surface area contributed by atoms with E-state index in [1.807, 2.05) is 31.2 Å². The van der Waals surface area contributed by atoms with Gasteiger partial charge >= 0.3 is 0 Å². The summed E-state index contributed by atoms with van der Waals surface area (Å²) in [6.07, 6.45) is 2.88. The highest BCUT2D eigenvalue weighted by molar-refractivity contribution is 6.31. The average molecular weight is 297 g/mol. The topological polar surface area (TPSA) is 55.7 Å². The van der Waals surface area contributed by atoms with Gasteiger partial charge in [0.25, 0.3) is 5.88 Å². The molecule has 1 atom stereocenters. The molecule has 0 aliphatic carbocycles. The molecule has 0 fully saturated rings. The molecule has 2 rings (SSSR count). The van der Waals surface area contributed by atoms with Crippen molar-refractivity contribution >= 4 is 11.6 Å². The molecule has 0 saturated carbocycles. The number of hydrogen-bond donors (Lipinski definition) is 3. The lowest BCUT2D eigenvalue weighted by molar-refractivity contribution is 0.0770. The standard InChI is InChI=1S/C15H21ClN2O2/c1-3-4-9-15(2)17-13(19)14(20)18(15)10-11-7-5-6-8-12(11)16/h5-8,17,19-20H,3-4,9-10H2,1-2H3. The highest BCUT2D eigenvalue weighted by Crippen LogP contribution is 2.33. The maximum Gasteiger partial charge on any atom is 0.251 e. The number of nitrogens with one attached hydrogen (secondary N) is 1. The third-order valence-corrected chi connectivity index (χ3v) is 4.12. The van der Waals surface area contributed by atoms with Gasteiger partial charge in [-0.05, 0) is 31.4 Å². The Hall–Kier alpha value is -1.55. The first kappa shape index (κ1) is 14.9. The summed E-state index contributed by atoms with van der Waals surface area (Å²) >= 11 is 6.18. The second-order valence-electron chi connectivity index (χ2n) is 5.35. The molecule has 1 aromatic carbocycles. The zero-order valence-electron chi connectivity index (χ0n) is 11.9. The van der Waals surface area contributed by atoms with E-state index < -0.39 is 5.66 Å². The Morgan fingerprint density at radius 3 is 2.65 bits per heavy atom. The van der Waals surface area contributed by atoms with Gasteiger partial charge in [-0.3, -0.25) is 0 Å². The smallest absolute Gasteiger partial charge is 0.251 e. The molecule has 1 unspecified atom stereocenters. The fourth-order valence-electron chi connectivity index (χ4n) is 2.50. The molecule has 0 bridgehead atoms. The fraction of sp³-hybridized carbons (Fsp3) is 0.467. The largest absolute Gasteiger partial charge is 0.491 e. The zero-order valence-corrected chi connectivity index (χ0v) is 12.6. The lowest BCUT2D eigenvalue weighted by Crippen LogP contribution is -2.49. The van der Waals surface area contributed by atoms with Crippen molar-refractivity contribution in [3.8, 4) is 0 Å². The van der Waals surface area contributed by atoms with Crippen molar-refractivity contribution in [3.63, 3.8) is 0 Å². The van der Waals surface area contributed by atoms with E-state index in [9.17, 15) is 10.2 Å². The van der Waals surface area contributed by atoms with E-state index >= 15 is 0 Å². The minimum absolute atomic E-state index is 0.122. The molecule has 1 aromatic rings. The molecule has 1 aliphatic heterocycles. The van der Waals surface area contributed by atoms with E-state index in [1.54, 1.807) is 4.90 Å². The number of unbranched alkanes of at least 4 members (excludes halogenated alkanes) is 1. The summed E-state index contributed by atoms with van der Waals surface area (Å²) in [5.74, 6) is -0.292. The SMILES string of the molecule is CCCCC1(C)NC(O)=C(O)N1Cc1ccccc1Cl. The van der Waals surface area contributed by atoms with Crippen LogP contribution in [-0.4, -0.2) is 20.8 Å². The Bertz CT molecular complexity index is 518. The van der Waals surface area contributed by atoms with Crippen LogP contribution >= 0.6 is 11.6 Å². The summed E-state index contributed by atoms with van der Waals surface area (Å²) in [4.78, 5) is 1.76. The molecule has 0 aromatic heterocycles. The van der Waals surface area contributed by atoms with Crippen molar-refractivity contribution in [2.45, 2.75) is 45.3 Å². The molecule has 3 N–H and O–H groups in total. The van der Waals surface area contributed by atoms with Crippen molar-refractivity contribution in [3.05, 3.63) is 46.6 Å². The van der Waals surface area contributed by atoms with Gasteiger partial charge in [-0.25, -0.2) is 0 Å². The van der Waals surface area contributed by atoms with Crippen molar-refractivity contribution in [1.82, 2.24) is 10.2 Å². The monoisotopic (exact) mass is 296 g/mol. The first-order valence-electron chi connectivity index (χ1n) is 6.89. The van der Waals surface area contributed by atoms with Crippen LogP contribution in [0.25, 0.3) is 0 Å². The van der Waals surface area contributed by atoms with Crippen LogP contribution in [0.4, 0.5) is 0 Å². The summed E-state index contributed by atoms with van der Waals surface area (Å²) in [5.41, 5.74) is 0.420. The number of aliphatic hydroxyl groups is 2. The van der Waals surface area contributed by atoms with E-state index in [0.29, 0.717) is 11.6 Å². The first-order valence-corrected chi connectivity index (χ1v) is 7.27. The average Bonchev–Trinajstić information content (AvgIpc) is 2.63. The van der Waals surface area contributed by atoms with Gasteiger partial charge in [0, 0.05) is 11.6 Å². The van der Waals surface area contributed by atoms with Crippen molar-refractivity contribution < 1.29 is 10.2 Å². The second-order valence-corrected chi connectivity index (χ2v) is 5.76. The lowest BCUT2D eigenvalue weighted by Gasteiger charge is -2.36. The molecule has 1 heterocycles. The molecule has 0 radical (unpaired) electrons. The van der Waals surface area contributed by atoms with Gasteiger partial charge in [0.15, 0.2) is 0 Å². The van der Waals surface area contributed by atoms with Gasteiger partial charge in [0.2, 0.25) is 5.88 Å². The third kappa shape index (κ3) is 2.80. The van der Waals surface area contributed by atoms with E-state index in [4.69, 9.17) is 11.6 Å². The molecule has 0 spiro atoms. The quantitative estimate of drug-likeness (QED) is 0.771. The first-order chi connectivity index (χ1) is 9.48. The normalized spacial score (nSPS) is 22.2. The number of rotatable bonds is 5. The summed E-state index contributed by atoms with van der Waals surface area (Å²) in [5, 5.41) is 23.5. The number of halogens is 1. The number of benzene rings is 1. The second kappa shape index (κ2) is 5.83. The number of aliphatic hydroxyl groups excluding tert-OH is 2. The summed E-state index contributed by atoms with van der Waals surface area (Å²) in [6.45, 7) is 4.53. The Kier molecular flexibility index (Phi) is 4.33. The predicted molar refractivity (Wildman–Crippen MR) is 80.3 cm³/mol. The molecule has 110 valence electrons. The highest BCUT2D eigenvalue weighted by atomic mass is 35.5. The van der Waals surface area contributed by atoms with E-state index in [1.165, 1.54) is 0 Å².